The summed E-state index contributed by atoms with van der Waals surface area (Å²) >= 11 is 0. The third-order valence-corrected chi connectivity index (χ3v) is 0.549. The topological polar surface area (TPSA) is 61.6 Å². The van der Waals surface area contributed by atoms with E-state index in [-0.39, 0.29) is 0 Å². The van der Waals surface area contributed by atoms with E-state index in [4.69, 9.17) is 0 Å². The molecule has 1 radical (unpaired) electrons. The van der Waals surface area contributed by atoms with E-state index in [2.05, 4.69) is 9.47 Å². The lowest BCUT2D eigenvalue weighted by Crippen LogP contribution is -2.01. The molecule has 0 unspecified atom stereocenters. The molecule has 9 heavy (non-hydrogen) atoms. The number of rotatable bonds is 3. The molecule has 0 aromatic rings. The summed E-state index contributed by atoms with van der Waals surface area (Å²) in [6.45, 7) is 0. The van der Waals surface area contributed by atoms with Gasteiger partial charge in [-0.3, -0.25) is 10.1 Å². The highest BCUT2D eigenvalue weighted by Gasteiger charge is 2.09. The van der Waals surface area contributed by atoms with E-state index in [1.165, 1.54) is 14.2 Å². The summed E-state index contributed by atoms with van der Waals surface area (Å²) in [5.74, 6) is -0.530. The first kappa shape index (κ1) is 7.74. The monoisotopic (exact) mass is 132 g/mol. The van der Waals surface area contributed by atoms with Crippen LogP contribution in [0.5, 0.6) is 0 Å². The highest BCUT2D eigenvalue weighted by molar-refractivity contribution is 4.63. The Kier molecular flexibility index (Phi) is 3.19. The van der Waals surface area contributed by atoms with Crippen molar-refractivity contribution in [3.8, 4) is 0 Å². The lowest BCUT2D eigenvalue weighted by atomic mass is 10.9. The minimum Gasteiger partial charge on any atom is -0.485 e. The van der Waals surface area contributed by atoms with Gasteiger partial charge in [0.2, 0.25) is 0 Å². The normalized spacial score (nSPS) is 10.7. The Labute approximate surface area is 52.0 Å². The second kappa shape index (κ2) is 3.71. The fourth-order valence-corrected chi connectivity index (χ4v) is 0.241. The lowest BCUT2D eigenvalue weighted by Gasteiger charge is -1.91. The maximum Gasteiger partial charge on any atom is 0.474 e. The molecule has 0 saturated heterocycles. The Bertz CT molecular complexity index is 131. The van der Waals surface area contributed by atoms with Crippen LogP contribution < -0.4 is 0 Å². The van der Waals surface area contributed by atoms with Crippen LogP contribution in [0.25, 0.3) is 0 Å². The first-order valence-electron chi connectivity index (χ1n) is 2.06. The third-order valence-electron chi connectivity index (χ3n) is 0.549. The molecule has 0 fully saturated rings. The molecule has 0 heterocycles. The predicted octanol–water partition coefficient (Wildman–Crippen LogP) is 0.158. The molecule has 0 amide bonds. The lowest BCUT2D eigenvalue weighted by molar-refractivity contribution is -0.464. The SMILES string of the molecule is CO[C]=C(OC)[N+](=O)[O-]. The van der Waals surface area contributed by atoms with E-state index in [1.54, 1.807) is 0 Å². The van der Waals surface area contributed by atoms with Gasteiger partial charge < -0.3 is 9.47 Å². The van der Waals surface area contributed by atoms with Crippen LogP contribution in [0.3, 0.4) is 0 Å². The van der Waals surface area contributed by atoms with Crippen molar-refractivity contribution < 1.29 is 14.4 Å². The second-order valence-electron chi connectivity index (χ2n) is 1.07. The van der Waals surface area contributed by atoms with Crippen LogP contribution in [0, 0.1) is 16.4 Å². The van der Waals surface area contributed by atoms with Crippen molar-refractivity contribution in [2.24, 2.45) is 0 Å². The van der Waals surface area contributed by atoms with Crippen molar-refractivity contribution in [2.75, 3.05) is 14.2 Å². The quantitative estimate of drug-likeness (QED) is 0.311. The average molecular weight is 132 g/mol. The predicted molar refractivity (Wildman–Crippen MR) is 27.8 cm³/mol. The summed E-state index contributed by atoms with van der Waals surface area (Å²) in [6, 6.07) is 0. The number of ether oxygens (including phenoxy) is 2. The first-order valence-corrected chi connectivity index (χ1v) is 2.06. The summed E-state index contributed by atoms with van der Waals surface area (Å²) in [7, 11) is 2.42. The van der Waals surface area contributed by atoms with Crippen LogP contribution in [0.2, 0.25) is 0 Å². The number of nitro groups is 1. The molecule has 0 aliphatic rings. The Morgan fingerprint density at radius 3 is 2.33 bits per heavy atom. The summed E-state index contributed by atoms with van der Waals surface area (Å²) < 4.78 is 8.44. The van der Waals surface area contributed by atoms with Crippen molar-refractivity contribution >= 4 is 0 Å². The third kappa shape index (κ3) is 2.53. The molecule has 51 valence electrons. The van der Waals surface area contributed by atoms with Gasteiger partial charge in [-0.25, -0.2) is 0 Å². The summed E-state index contributed by atoms with van der Waals surface area (Å²) in [4.78, 5) is 9.09. The maximum atomic E-state index is 9.82. The molecule has 5 nitrogen and oxygen atoms in total. The molecular formula is C4H6NO4. The van der Waals surface area contributed by atoms with Crippen molar-refractivity contribution in [2.45, 2.75) is 0 Å². The van der Waals surface area contributed by atoms with Gasteiger partial charge in [-0.2, -0.15) is 0 Å². The van der Waals surface area contributed by atoms with Crippen LogP contribution in [0.1, 0.15) is 0 Å². The van der Waals surface area contributed by atoms with Gasteiger partial charge in [0.25, 0.3) is 6.26 Å². The van der Waals surface area contributed by atoms with Crippen molar-refractivity contribution in [1.82, 2.24) is 0 Å². The van der Waals surface area contributed by atoms with E-state index >= 15 is 0 Å². The Morgan fingerprint density at radius 2 is 2.22 bits per heavy atom. The fourth-order valence-electron chi connectivity index (χ4n) is 0.241. The van der Waals surface area contributed by atoms with Gasteiger partial charge in [0, 0.05) is 0 Å². The molecule has 0 atom stereocenters. The summed E-state index contributed by atoms with van der Waals surface area (Å²) in [6.07, 6.45) is 1.93. The number of hydrogen-bond acceptors (Lipinski definition) is 4. The van der Waals surface area contributed by atoms with Gasteiger partial charge in [-0.1, -0.05) is 0 Å². The van der Waals surface area contributed by atoms with Crippen LogP contribution in [-0.4, -0.2) is 19.1 Å². The Morgan fingerprint density at radius 1 is 1.67 bits per heavy atom. The Hall–Kier alpha value is -1.26. The van der Waals surface area contributed by atoms with Gasteiger partial charge in [0.1, 0.15) is 4.92 Å². The molecule has 0 bridgehead atoms. The van der Waals surface area contributed by atoms with Gasteiger partial charge in [-0.05, 0) is 0 Å². The van der Waals surface area contributed by atoms with Crippen LogP contribution in [0.4, 0.5) is 0 Å². The first-order chi connectivity index (χ1) is 4.22. The van der Waals surface area contributed by atoms with Gasteiger partial charge in [0.05, 0.1) is 14.2 Å². The highest BCUT2D eigenvalue weighted by Crippen LogP contribution is 1.92. The zero-order valence-electron chi connectivity index (χ0n) is 5.08. The number of methoxy groups -OCH3 is 2. The molecule has 0 aromatic heterocycles. The van der Waals surface area contributed by atoms with Gasteiger partial charge >= 0.3 is 5.88 Å². The molecule has 0 spiro atoms. The molecular weight excluding hydrogens is 126 g/mol. The van der Waals surface area contributed by atoms with Crippen molar-refractivity contribution in [1.29, 1.82) is 0 Å². The highest BCUT2D eigenvalue weighted by atomic mass is 16.7. The molecule has 0 aliphatic carbocycles. The van der Waals surface area contributed by atoms with Crippen LogP contribution in [-0.2, 0) is 9.47 Å². The van der Waals surface area contributed by atoms with Crippen molar-refractivity contribution in [3.63, 3.8) is 0 Å². The smallest absolute Gasteiger partial charge is 0.474 e. The molecule has 0 aliphatic heterocycles. The fraction of sp³-hybridized carbons (Fsp3) is 0.500. The Balaban J connectivity index is 3.98. The van der Waals surface area contributed by atoms with Crippen molar-refractivity contribution in [3.05, 3.63) is 22.3 Å². The molecule has 0 N–H and O–H groups in total. The van der Waals surface area contributed by atoms with E-state index < -0.39 is 10.8 Å². The molecule has 5 heteroatoms. The van der Waals surface area contributed by atoms with E-state index in [1.807, 2.05) is 6.26 Å². The minimum absolute atomic E-state index is 0.530. The number of hydrogen-bond donors (Lipinski definition) is 0. The molecule has 0 saturated carbocycles. The van der Waals surface area contributed by atoms with Crippen LogP contribution in [0.15, 0.2) is 5.88 Å². The van der Waals surface area contributed by atoms with Crippen LogP contribution >= 0.6 is 0 Å². The average Bonchev–Trinajstić information content (AvgIpc) is 1.82. The van der Waals surface area contributed by atoms with E-state index in [0.29, 0.717) is 0 Å². The molecule has 0 aromatic carbocycles. The summed E-state index contributed by atoms with van der Waals surface area (Å²) in [5.41, 5.74) is 0. The van der Waals surface area contributed by atoms with Gasteiger partial charge in [-0.15, -0.1) is 0 Å². The standard InChI is InChI=1S/C4H6NO4/c1-8-3-4(9-2)5(6)7/h1-2H3. The van der Waals surface area contributed by atoms with E-state index in [9.17, 15) is 10.1 Å². The van der Waals surface area contributed by atoms with E-state index in [0.717, 1.165) is 0 Å². The van der Waals surface area contributed by atoms with Gasteiger partial charge in [0.15, 0.2) is 0 Å². The summed E-state index contributed by atoms with van der Waals surface area (Å²) in [5, 5.41) is 9.82. The zero-order valence-corrected chi connectivity index (χ0v) is 5.08. The zero-order chi connectivity index (χ0) is 7.28. The number of nitrogens with zero attached hydrogens (tertiary/aromatic N) is 1. The largest absolute Gasteiger partial charge is 0.485 e. The minimum atomic E-state index is -0.733. The maximum absolute atomic E-state index is 9.82. The molecule has 0 rings (SSSR count). The second-order valence-corrected chi connectivity index (χ2v) is 1.07.